The fourth-order valence-corrected chi connectivity index (χ4v) is 5.22. The number of rotatable bonds is 4. The molecule has 3 aromatic rings. The van der Waals surface area contributed by atoms with Crippen LogP contribution in [0.15, 0.2) is 10.2 Å². The molecule has 0 saturated carbocycles. The molecule has 3 heterocycles. The van der Waals surface area contributed by atoms with Gasteiger partial charge in [-0.1, -0.05) is 0 Å². The van der Waals surface area contributed by atoms with E-state index in [1.807, 2.05) is 0 Å². The zero-order valence-corrected chi connectivity index (χ0v) is 16.1. The minimum absolute atomic E-state index is 0.0273. The number of alkyl halides is 3. The Morgan fingerprint density at radius 1 is 1.25 bits per heavy atom. The summed E-state index contributed by atoms with van der Waals surface area (Å²) >= 11 is 2.23. The van der Waals surface area contributed by atoms with Crippen LogP contribution >= 0.6 is 22.7 Å². The Morgan fingerprint density at radius 3 is 2.79 bits per heavy atom. The van der Waals surface area contributed by atoms with Gasteiger partial charge in [-0.25, -0.2) is 9.97 Å². The van der Waals surface area contributed by atoms with Crippen LogP contribution in [0.3, 0.4) is 0 Å². The molecule has 0 unspecified atom stereocenters. The fourth-order valence-electron chi connectivity index (χ4n) is 3.20. The molecule has 2 N–H and O–H groups in total. The van der Waals surface area contributed by atoms with Gasteiger partial charge in [0.05, 0.1) is 5.39 Å². The van der Waals surface area contributed by atoms with Crippen molar-refractivity contribution < 1.29 is 18.0 Å². The predicted octanol–water partition coefficient (Wildman–Crippen LogP) is 3.91. The number of aromatic amines is 1. The molecular formula is C17H15F3N4O2S2. The highest BCUT2D eigenvalue weighted by molar-refractivity contribution is 7.18. The lowest BCUT2D eigenvalue weighted by atomic mass is 9.97. The van der Waals surface area contributed by atoms with Crippen molar-refractivity contribution in [3.05, 3.63) is 37.7 Å². The maximum absolute atomic E-state index is 12.5. The van der Waals surface area contributed by atoms with Crippen LogP contribution in [0.5, 0.6) is 0 Å². The van der Waals surface area contributed by atoms with E-state index in [9.17, 15) is 22.8 Å². The number of carbonyl (C=O) groups is 1. The molecule has 6 nitrogen and oxygen atoms in total. The number of H-pyrrole nitrogens is 1. The first-order valence-corrected chi connectivity index (χ1v) is 10.4. The van der Waals surface area contributed by atoms with Gasteiger partial charge in [-0.3, -0.25) is 9.59 Å². The molecule has 148 valence electrons. The molecule has 4 rings (SSSR count). The SMILES string of the molecule is O=C(CCc1nc2sc3c(c2c(=O)[nH]1)CCCC3)Nc1nc(C(F)(F)F)cs1. The number of thiazole rings is 1. The van der Waals surface area contributed by atoms with Gasteiger partial charge in [0, 0.05) is 23.1 Å². The molecule has 11 heteroatoms. The first-order chi connectivity index (χ1) is 13.3. The Hall–Kier alpha value is -2.27. The van der Waals surface area contributed by atoms with Gasteiger partial charge < -0.3 is 10.3 Å². The van der Waals surface area contributed by atoms with Gasteiger partial charge in [0.1, 0.15) is 10.7 Å². The van der Waals surface area contributed by atoms with E-state index < -0.39 is 17.8 Å². The number of fused-ring (bicyclic) bond motifs is 3. The monoisotopic (exact) mass is 428 g/mol. The topological polar surface area (TPSA) is 87.7 Å². The summed E-state index contributed by atoms with van der Waals surface area (Å²) in [6.45, 7) is 0. The Kier molecular flexibility index (Phi) is 4.96. The molecule has 0 spiro atoms. The summed E-state index contributed by atoms with van der Waals surface area (Å²) < 4.78 is 37.6. The zero-order valence-electron chi connectivity index (χ0n) is 14.5. The van der Waals surface area contributed by atoms with Gasteiger partial charge in [0.25, 0.3) is 5.56 Å². The quantitative estimate of drug-likeness (QED) is 0.660. The number of nitrogens with one attached hydrogen (secondary N) is 2. The molecule has 1 aliphatic carbocycles. The Labute approximate surface area is 164 Å². The smallest absolute Gasteiger partial charge is 0.310 e. The lowest BCUT2D eigenvalue weighted by molar-refractivity contribution is -0.140. The van der Waals surface area contributed by atoms with E-state index in [4.69, 9.17) is 0 Å². The van der Waals surface area contributed by atoms with Crippen LogP contribution in [0.2, 0.25) is 0 Å². The number of thiophene rings is 1. The van der Waals surface area contributed by atoms with E-state index in [-0.39, 0.29) is 23.5 Å². The normalized spacial score (nSPS) is 14.2. The number of anilines is 1. The van der Waals surface area contributed by atoms with Crippen molar-refractivity contribution in [2.45, 2.75) is 44.7 Å². The Morgan fingerprint density at radius 2 is 2.04 bits per heavy atom. The first-order valence-electron chi connectivity index (χ1n) is 8.67. The van der Waals surface area contributed by atoms with Crippen LogP contribution in [0.4, 0.5) is 18.3 Å². The summed E-state index contributed by atoms with van der Waals surface area (Å²) in [7, 11) is 0. The van der Waals surface area contributed by atoms with E-state index >= 15 is 0 Å². The van der Waals surface area contributed by atoms with E-state index in [0.29, 0.717) is 27.4 Å². The van der Waals surface area contributed by atoms with Gasteiger partial charge in [-0.2, -0.15) is 13.2 Å². The maximum atomic E-state index is 12.5. The fraction of sp³-hybridized carbons (Fsp3) is 0.412. The molecule has 0 bridgehead atoms. The number of aryl methyl sites for hydroxylation is 3. The minimum Gasteiger partial charge on any atom is -0.310 e. The van der Waals surface area contributed by atoms with Crippen molar-refractivity contribution >= 4 is 43.9 Å². The molecule has 0 radical (unpaired) electrons. The summed E-state index contributed by atoms with van der Waals surface area (Å²) in [5.74, 6) is -0.0994. The average molecular weight is 428 g/mol. The number of hydrogen-bond acceptors (Lipinski definition) is 6. The summed E-state index contributed by atoms with van der Waals surface area (Å²) in [6.07, 6.45) is -0.378. The second-order valence-corrected chi connectivity index (χ2v) is 8.43. The molecule has 28 heavy (non-hydrogen) atoms. The van der Waals surface area contributed by atoms with E-state index in [1.54, 1.807) is 0 Å². The van der Waals surface area contributed by atoms with Gasteiger partial charge in [0.2, 0.25) is 5.91 Å². The molecule has 0 fully saturated rings. The second kappa shape index (κ2) is 7.28. The highest BCUT2D eigenvalue weighted by Crippen LogP contribution is 2.34. The number of nitrogens with zero attached hydrogens (tertiary/aromatic N) is 2. The average Bonchev–Trinajstić information content (AvgIpc) is 3.24. The van der Waals surface area contributed by atoms with Gasteiger partial charge in [-0.15, -0.1) is 22.7 Å². The largest absolute Gasteiger partial charge is 0.434 e. The molecule has 1 amide bonds. The highest BCUT2D eigenvalue weighted by atomic mass is 32.1. The van der Waals surface area contributed by atoms with Crippen LogP contribution < -0.4 is 10.9 Å². The number of halogens is 3. The molecule has 1 aliphatic rings. The summed E-state index contributed by atoms with van der Waals surface area (Å²) in [5, 5.41) is 3.73. The van der Waals surface area contributed by atoms with Crippen LogP contribution in [0, 0.1) is 0 Å². The second-order valence-electron chi connectivity index (χ2n) is 6.49. The lowest BCUT2D eigenvalue weighted by Crippen LogP contribution is -2.16. The Balaban J connectivity index is 1.44. The van der Waals surface area contributed by atoms with Crippen molar-refractivity contribution in [3.8, 4) is 0 Å². The third-order valence-electron chi connectivity index (χ3n) is 4.50. The van der Waals surface area contributed by atoms with Gasteiger partial charge in [-0.05, 0) is 31.2 Å². The third-order valence-corrected chi connectivity index (χ3v) is 6.45. The molecular weight excluding hydrogens is 413 g/mol. The van der Waals surface area contributed by atoms with Crippen LogP contribution in [-0.2, 0) is 30.2 Å². The molecule has 0 saturated heterocycles. The first kappa shape index (κ1) is 19.1. The standard InChI is InChI=1S/C17H15F3N4O2S2/c18-17(19,20)10-7-27-16(21-10)24-12(25)6-5-11-22-14(26)13-8-3-1-2-4-9(8)28-15(13)23-11/h7H,1-6H2,(H,21,24,25)(H,22,23,26). The van der Waals surface area contributed by atoms with E-state index in [2.05, 4.69) is 20.3 Å². The maximum Gasteiger partial charge on any atom is 0.434 e. The van der Waals surface area contributed by atoms with Gasteiger partial charge in [0.15, 0.2) is 10.8 Å². The zero-order chi connectivity index (χ0) is 19.9. The molecule has 3 aromatic heterocycles. The third kappa shape index (κ3) is 3.81. The van der Waals surface area contributed by atoms with Crippen LogP contribution in [-0.4, -0.2) is 20.9 Å². The van der Waals surface area contributed by atoms with Crippen LogP contribution in [0.25, 0.3) is 10.2 Å². The highest BCUT2D eigenvalue weighted by Gasteiger charge is 2.33. The lowest BCUT2D eigenvalue weighted by Gasteiger charge is -2.09. The van der Waals surface area contributed by atoms with Crippen molar-refractivity contribution in [1.29, 1.82) is 0 Å². The van der Waals surface area contributed by atoms with Crippen LogP contribution in [0.1, 0.15) is 41.2 Å². The number of carbonyl (C=O) groups excluding carboxylic acids is 1. The summed E-state index contributed by atoms with van der Waals surface area (Å²) in [4.78, 5) is 36.9. The summed E-state index contributed by atoms with van der Waals surface area (Å²) in [6, 6.07) is 0. The number of amides is 1. The summed E-state index contributed by atoms with van der Waals surface area (Å²) in [5.41, 5.74) is -0.144. The molecule has 0 atom stereocenters. The van der Waals surface area contributed by atoms with Gasteiger partial charge >= 0.3 is 6.18 Å². The van der Waals surface area contributed by atoms with Crippen molar-refractivity contribution in [2.75, 3.05) is 5.32 Å². The predicted molar refractivity (Wildman–Crippen MR) is 101 cm³/mol. The number of hydrogen-bond donors (Lipinski definition) is 2. The minimum atomic E-state index is -4.54. The number of aromatic nitrogens is 3. The molecule has 0 aromatic carbocycles. The molecule has 0 aliphatic heterocycles. The van der Waals surface area contributed by atoms with Crippen molar-refractivity contribution in [1.82, 2.24) is 15.0 Å². The van der Waals surface area contributed by atoms with E-state index in [1.165, 1.54) is 16.2 Å². The van der Waals surface area contributed by atoms with Crippen molar-refractivity contribution in [3.63, 3.8) is 0 Å². The van der Waals surface area contributed by atoms with Crippen molar-refractivity contribution in [2.24, 2.45) is 0 Å². The Bertz CT molecular complexity index is 1100. The van der Waals surface area contributed by atoms with E-state index in [0.717, 1.165) is 36.6 Å².